The molecule has 0 aliphatic carbocycles. The van der Waals surface area contributed by atoms with Crippen molar-refractivity contribution in [3.8, 4) is 5.75 Å². The van der Waals surface area contributed by atoms with Gasteiger partial charge in [-0.05, 0) is 19.8 Å². The Bertz CT molecular complexity index is 423. The Morgan fingerprint density at radius 1 is 1.42 bits per heavy atom. The molecule has 1 aromatic carbocycles. The van der Waals surface area contributed by atoms with E-state index in [1.54, 1.807) is 6.07 Å². The van der Waals surface area contributed by atoms with Crippen molar-refractivity contribution in [1.29, 1.82) is 0 Å². The first-order chi connectivity index (χ1) is 9.10. The predicted molar refractivity (Wildman–Crippen MR) is 73.7 cm³/mol. The molecule has 1 atom stereocenters. The van der Waals surface area contributed by atoms with Gasteiger partial charge in [0, 0.05) is 30.5 Å². The van der Waals surface area contributed by atoms with Crippen molar-refractivity contribution in [2.24, 2.45) is 0 Å². The largest absolute Gasteiger partial charge is 0.494 e. The van der Waals surface area contributed by atoms with Crippen LogP contribution in [0.15, 0.2) is 18.2 Å². The lowest BCUT2D eigenvalue weighted by atomic mass is 10.1. The molecule has 0 saturated heterocycles. The highest BCUT2D eigenvalue weighted by Crippen LogP contribution is 2.27. The van der Waals surface area contributed by atoms with Gasteiger partial charge in [-0.2, -0.15) is 0 Å². The van der Waals surface area contributed by atoms with E-state index in [9.17, 15) is 10.1 Å². The van der Waals surface area contributed by atoms with Gasteiger partial charge in [-0.1, -0.05) is 6.92 Å². The Morgan fingerprint density at radius 2 is 2.16 bits per heavy atom. The maximum Gasteiger partial charge on any atom is 0.275 e. The Hall–Kier alpha value is -1.82. The first-order valence-corrected chi connectivity index (χ1v) is 6.40. The number of nitrogens with zero attached hydrogens (tertiary/aromatic N) is 1. The molecule has 0 aliphatic heterocycles. The molecule has 0 fully saturated rings. The van der Waals surface area contributed by atoms with Crippen LogP contribution in [0.25, 0.3) is 0 Å². The highest BCUT2D eigenvalue weighted by Gasteiger charge is 2.13. The minimum absolute atomic E-state index is 0.00713. The summed E-state index contributed by atoms with van der Waals surface area (Å²) < 4.78 is 5.32. The van der Waals surface area contributed by atoms with Crippen molar-refractivity contribution in [2.75, 3.05) is 18.5 Å². The average Bonchev–Trinajstić information content (AvgIpc) is 2.38. The van der Waals surface area contributed by atoms with Gasteiger partial charge in [0.05, 0.1) is 17.6 Å². The fourth-order valence-corrected chi connectivity index (χ4v) is 1.79. The molecule has 19 heavy (non-hydrogen) atoms. The van der Waals surface area contributed by atoms with Crippen LogP contribution in [0.5, 0.6) is 5.75 Å². The Morgan fingerprint density at radius 3 is 2.68 bits per heavy atom. The van der Waals surface area contributed by atoms with Crippen molar-refractivity contribution < 1.29 is 14.8 Å². The van der Waals surface area contributed by atoms with E-state index in [0.29, 0.717) is 24.5 Å². The molecule has 0 radical (unpaired) electrons. The molecular weight excluding hydrogens is 248 g/mol. The van der Waals surface area contributed by atoms with Gasteiger partial charge in [0.15, 0.2) is 0 Å². The lowest BCUT2D eigenvalue weighted by Gasteiger charge is -2.17. The summed E-state index contributed by atoms with van der Waals surface area (Å²) in [6.45, 7) is 4.36. The molecule has 2 N–H and O–H groups in total. The fourth-order valence-electron chi connectivity index (χ4n) is 1.79. The number of aliphatic hydroxyl groups excluding tert-OH is 1. The molecule has 0 aliphatic rings. The topological polar surface area (TPSA) is 84.6 Å². The smallest absolute Gasteiger partial charge is 0.275 e. The summed E-state index contributed by atoms with van der Waals surface area (Å²) in [5, 5.41) is 23.0. The molecule has 6 nitrogen and oxygen atoms in total. The summed E-state index contributed by atoms with van der Waals surface area (Å²) in [5.74, 6) is 0.470. The number of ether oxygens (including phenoxy) is 1. The fraction of sp³-hybridized carbons (Fsp3) is 0.538. The third kappa shape index (κ3) is 4.75. The van der Waals surface area contributed by atoms with Gasteiger partial charge < -0.3 is 15.2 Å². The summed E-state index contributed by atoms with van der Waals surface area (Å²) in [5.41, 5.74) is 0.630. The van der Waals surface area contributed by atoms with Crippen LogP contribution in [0.3, 0.4) is 0 Å². The molecule has 0 bridgehead atoms. The molecule has 0 spiro atoms. The number of nitrogens with one attached hydrogen (secondary N) is 1. The Labute approximate surface area is 112 Å². The van der Waals surface area contributed by atoms with Gasteiger partial charge in [0.1, 0.15) is 5.75 Å². The number of anilines is 1. The summed E-state index contributed by atoms with van der Waals surface area (Å²) >= 11 is 0. The van der Waals surface area contributed by atoms with Gasteiger partial charge in [-0.25, -0.2) is 0 Å². The number of rotatable bonds is 8. The van der Waals surface area contributed by atoms with E-state index < -0.39 is 4.92 Å². The summed E-state index contributed by atoms with van der Waals surface area (Å²) in [6.07, 6.45) is 1.43. The zero-order valence-electron chi connectivity index (χ0n) is 11.3. The highest BCUT2D eigenvalue weighted by molar-refractivity contribution is 5.56. The van der Waals surface area contributed by atoms with Gasteiger partial charge in [-0.15, -0.1) is 0 Å². The molecule has 0 aromatic heterocycles. The maximum atomic E-state index is 10.9. The van der Waals surface area contributed by atoms with Gasteiger partial charge in [0.25, 0.3) is 5.69 Å². The number of benzene rings is 1. The first kappa shape index (κ1) is 15.2. The van der Waals surface area contributed by atoms with Crippen LogP contribution in [0.1, 0.15) is 26.7 Å². The highest BCUT2D eigenvalue weighted by atomic mass is 16.6. The molecule has 0 amide bonds. The molecule has 0 heterocycles. The number of aliphatic hydroxyl groups is 1. The first-order valence-electron chi connectivity index (χ1n) is 6.40. The standard InChI is InChI=1S/C13H20N2O4/c1-3-10(5-6-16)14-11-7-12(15(17)18)9-13(8-11)19-4-2/h7-10,14,16H,3-6H2,1-2H3. The van der Waals surface area contributed by atoms with Crippen molar-refractivity contribution in [1.82, 2.24) is 0 Å². The SMILES string of the molecule is CCOc1cc(NC(CC)CCO)cc([N+](=O)[O-])c1. The van der Waals surface area contributed by atoms with Crippen molar-refractivity contribution in [3.05, 3.63) is 28.3 Å². The lowest BCUT2D eigenvalue weighted by molar-refractivity contribution is -0.384. The normalized spacial score (nSPS) is 11.9. The average molecular weight is 268 g/mol. The second kappa shape index (κ2) is 7.58. The minimum Gasteiger partial charge on any atom is -0.494 e. The van der Waals surface area contributed by atoms with E-state index in [1.165, 1.54) is 12.1 Å². The molecular formula is C13H20N2O4. The van der Waals surface area contributed by atoms with Gasteiger partial charge in [0.2, 0.25) is 0 Å². The van der Waals surface area contributed by atoms with Crippen molar-refractivity contribution in [3.63, 3.8) is 0 Å². The molecule has 6 heteroatoms. The Balaban J connectivity index is 2.94. The monoisotopic (exact) mass is 268 g/mol. The third-order valence-electron chi connectivity index (χ3n) is 2.75. The quantitative estimate of drug-likeness (QED) is 0.559. The summed E-state index contributed by atoms with van der Waals surface area (Å²) in [6, 6.07) is 4.70. The zero-order valence-corrected chi connectivity index (χ0v) is 11.3. The van der Waals surface area contributed by atoms with Crippen molar-refractivity contribution in [2.45, 2.75) is 32.7 Å². The summed E-state index contributed by atoms with van der Waals surface area (Å²) in [7, 11) is 0. The molecule has 0 saturated carbocycles. The van der Waals surface area contributed by atoms with E-state index in [0.717, 1.165) is 6.42 Å². The minimum atomic E-state index is -0.444. The molecule has 1 unspecified atom stereocenters. The van der Waals surface area contributed by atoms with Gasteiger partial charge >= 0.3 is 0 Å². The number of nitro benzene ring substituents is 1. The number of hydrogen-bond donors (Lipinski definition) is 2. The summed E-state index contributed by atoms with van der Waals surface area (Å²) in [4.78, 5) is 10.4. The lowest BCUT2D eigenvalue weighted by Crippen LogP contribution is -2.19. The van der Waals surface area contributed by atoms with E-state index >= 15 is 0 Å². The molecule has 1 aromatic rings. The predicted octanol–water partition coefficient (Wildman–Crippen LogP) is 2.57. The number of nitro groups is 1. The molecule has 1 rings (SSSR count). The number of hydrogen-bond acceptors (Lipinski definition) is 5. The van der Waals surface area contributed by atoms with E-state index in [1.807, 2.05) is 13.8 Å². The second-order valence-electron chi connectivity index (χ2n) is 4.17. The van der Waals surface area contributed by atoms with Crippen LogP contribution in [0.4, 0.5) is 11.4 Å². The van der Waals surface area contributed by atoms with Gasteiger partial charge in [-0.3, -0.25) is 10.1 Å². The zero-order chi connectivity index (χ0) is 14.3. The van der Waals surface area contributed by atoms with Crippen LogP contribution in [-0.2, 0) is 0 Å². The van der Waals surface area contributed by atoms with Crippen molar-refractivity contribution >= 4 is 11.4 Å². The maximum absolute atomic E-state index is 10.9. The van der Waals surface area contributed by atoms with E-state index in [4.69, 9.17) is 9.84 Å². The second-order valence-corrected chi connectivity index (χ2v) is 4.17. The Kier molecular flexibility index (Phi) is 6.08. The van der Waals surface area contributed by atoms with Crippen LogP contribution < -0.4 is 10.1 Å². The van der Waals surface area contributed by atoms with Crippen LogP contribution in [0, 0.1) is 10.1 Å². The number of non-ortho nitro benzene ring substituents is 1. The van der Waals surface area contributed by atoms with E-state index in [2.05, 4.69) is 5.32 Å². The molecule has 106 valence electrons. The van der Waals surface area contributed by atoms with Crippen LogP contribution in [-0.4, -0.2) is 29.3 Å². The third-order valence-corrected chi connectivity index (χ3v) is 2.75. The van der Waals surface area contributed by atoms with Crippen LogP contribution >= 0.6 is 0 Å². The van der Waals surface area contributed by atoms with E-state index in [-0.39, 0.29) is 18.3 Å². The van der Waals surface area contributed by atoms with Crippen LogP contribution in [0.2, 0.25) is 0 Å².